The van der Waals surface area contributed by atoms with Crippen molar-refractivity contribution in [1.82, 2.24) is 9.97 Å². The quantitative estimate of drug-likeness (QED) is 0.503. The molecule has 1 aromatic carbocycles. The predicted molar refractivity (Wildman–Crippen MR) is 122 cm³/mol. The molecule has 11 heteroatoms. The molecular weight excluding hydrogens is 471 g/mol. The highest BCUT2D eigenvalue weighted by Crippen LogP contribution is 2.33. The van der Waals surface area contributed by atoms with Gasteiger partial charge in [0.05, 0.1) is 22.3 Å². The third kappa shape index (κ3) is 6.10. The molecule has 0 bridgehead atoms. The van der Waals surface area contributed by atoms with E-state index >= 15 is 0 Å². The van der Waals surface area contributed by atoms with Crippen LogP contribution in [0, 0.1) is 0 Å². The fourth-order valence-electron chi connectivity index (χ4n) is 2.89. The minimum Gasteiger partial charge on any atom is -0.438 e. The Hall–Kier alpha value is -3.47. The normalized spacial score (nSPS) is 12.3. The minimum absolute atomic E-state index is 0. The summed E-state index contributed by atoms with van der Waals surface area (Å²) in [5.74, 6) is -1.02. The van der Waals surface area contributed by atoms with Gasteiger partial charge in [0.25, 0.3) is 5.91 Å². The summed E-state index contributed by atoms with van der Waals surface area (Å²) in [4.78, 5) is 20.2. The van der Waals surface area contributed by atoms with Crippen molar-refractivity contribution in [3.63, 3.8) is 0 Å². The lowest BCUT2D eigenvalue weighted by atomic mass is 9.86. The van der Waals surface area contributed by atoms with E-state index in [0.717, 1.165) is 30.1 Å². The molecule has 0 saturated carbocycles. The van der Waals surface area contributed by atoms with Gasteiger partial charge in [0.1, 0.15) is 11.4 Å². The molecule has 3 aromatic rings. The van der Waals surface area contributed by atoms with Crippen LogP contribution in [-0.2, 0) is 21.4 Å². The van der Waals surface area contributed by atoms with Crippen LogP contribution in [0.15, 0.2) is 59.8 Å². The van der Waals surface area contributed by atoms with E-state index in [-0.39, 0.29) is 34.6 Å². The molecule has 34 heavy (non-hydrogen) atoms. The van der Waals surface area contributed by atoms with Gasteiger partial charge >= 0.3 is 6.18 Å². The first-order valence-corrected chi connectivity index (χ1v) is 11.9. The van der Waals surface area contributed by atoms with Gasteiger partial charge in [0.2, 0.25) is 5.88 Å². The van der Waals surface area contributed by atoms with Crippen molar-refractivity contribution in [3.8, 4) is 11.6 Å². The number of carbonyl (C=O) groups is 1. The smallest absolute Gasteiger partial charge is 0.433 e. The second kappa shape index (κ2) is 9.05. The molecule has 0 saturated heterocycles. The van der Waals surface area contributed by atoms with E-state index in [1.54, 1.807) is 12.1 Å². The number of alkyl halides is 3. The Labute approximate surface area is 196 Å². The SMILES string of the molecule is CC(C)(C)c1ccc(C(=O)Nc2cncc(S(C)(=O)=O)c2)c(Oc2cccc(C(F)(F)F)n2)c1.[HH]. The van der Waals surface area contributed by atoms with E-state index in [4.69, 9.17) is 4.74 Å². The van der Waals surface area contributed by atoms with Crippen molar-refractivity contribution < 1.29 is 32.5 Å². The first-order chi connectivity index (χ1) is 15.6. The van der Waals surface area contributed by atoms with Crippen molar-refractivity contribution in [2.75, 3.05) is 11.6 Å². The van der Waals surface area contributed by atoms with E-state index in [9.17, 15) is 26.4 Å². The van der Waals surface area contributed by atoms with Crippen molar-refractivity contribution >= 4 is 21.4 Å². The van der Waals surface area contributed by atoms with E-state index in [1.807, 2.05) is 20.8 Å². The van der Waals surface area contributed by atoms with Gasteiger partial charge in [-0.2, -0.15) is 13.2 Å². The zero-order valence-corrected chi connectivity index (χ0v) is 19.6. The number of hydrogen-bond acceptors (Lipinski definition) is 6. The Kier molecular flexibility index (Phi) is 6.70. The first-order valence-electron chi connectivity index (χ1n) is 9.98. The van der Waals surface area contributed by atoms with Crippen LogP contribution in [0.4, 0.5) is 18.9 Å². The lowest BCUT2D eigenvalue weighted by Crippen LogP contribution is -2.16. The van der Waals surface area contributed by atoms with Crippen LogP contribution in [0.25, 0.3) is 0 Å². The number of nitrogens with one attached hydrogen (secondary N) is 1. The predicted octanol–water partition coefficient (Wildman–Crippen LogP) is 5.49. The van der Waals surface area contributed by atoms with Crippen LogP contribution >= 0.6 is 0 Å². The molecule has 7 nitrogen and oxygen atoms in total. The summed E-state index contributed by atoms with van der Waals surface area (Å²) in [6.07, 6.45) is -1.23. The number of hydrogen-bond donors (Lipinski definition) is 1. The number of carbonyl (C=O) groups excluding carboxylic acids is 1. The lowest BCUT2D eigenvalue weighted by molar-refractivity contribution is -0.141. The number of amides is 1. The summed E-state index contributed by atoms with van der Waals surface area (Å²) in [6.45, 7) is 5.78. The number of pyridine rings is 2. The third-order valence-corrected chi connectivity index (χ3v) is 5.80. The van der Waals surface area contributed by atoms with Crippen LogP contribution in [0.2, 0.25) is 0 Å². The maximum Gasteiger partial charge on any atom is 0.433 e. The Morgan fingerprint density at radius 3 is 2.38 bits per heavy atom. The number of sulfone groups is 1. The fraction of sp³-hybridized carbons (Fsp3) is 0.261. The molecule has 1 amide bonds. The maximum atomic E-state index is 13.1. The molecular formula is C23H24F3N3O4S. The number of aromatic nitrogens is 2. The van der Waals surface area contributed by atoms with E-state index in [1.165, 1.54) is 24.4 Å². The zero-order chi connectivity index (χ0) is 25.3. The molecule has 3 rings (SSSR count). The third-order valence-electron chi connectivity index (χ3n) is 4.72. The van der Waals surface area contributed by atoms with Gasteiger partial charge in [0, 0.05) is 19.9 Å². The number of halogens is 3. The Morgan fingerprint density at radius 2 is 1.76 bits per heavy atom. The number of nitrogens with zero attached hydrogens (tertiary/aromatic N) is 2. The lowest BCUT2D eigenvalue weighted by Gasteiger charge is -2.21. The van der Waals surface area contributed by atoms with E-state index in [2.05, 4.69) is 15.3 Å². The molecule has 0 aliphatic carbocycles. The molecule has 0 spiro atoms. The molecule has 2 heterocycles. The van der Waals surface area contributed by atoms with Crippen molar-refractivity contribution in [1.29, 1.82) is 0 Å². The molecule has 0 unspecified atom stereocenters. The summed E-state index contributed by atoms with van der Waals surface area (Å²) in [5, 5.41) is 2.54. The van der Waals surface area contributed by atoms with Gasteiger partial charge in [-0.3, -0.25) is 9.78 Å². The van der Waals surface area contributed by atoms with Crippen LogP contribution in [0.1, 0.15) is 43.8 Å². The van der Waals surface area contributed by atoms with E-state index in [0.29, 0.717) is 0 Å². The summed E-state index contributed by atoms with van der Waals surface area (Å²) >= 11 is 0. The molecule has 0 fully saturated rings. The number of ether oxygens (including phenoxy) is 1. The van der Waals surface area contributed by atoms with Gasteiger partial charge in [-0.1, -0.05) is 32.9 Å². The maximum absolute atomic E-state index is 13.1. The van der Waals surface area contributed by atoms with Crippen LogP contribution in [0.5, 0.6) is 11.6 Å². The molecule has 0 aliphatic rings. The summed E-state index contributed by atoms with van der Waals surface area (Å²) in [7, 11) is -3.55. The molecule has 2 aromatic heterocycles. The van der Waals surface area contributed by atoms with Gasteiger partial charge in [0.15, 0.2) is 9.84 Å². The average Bonchev–Trinajstić information content (AvgIpc) is 2.72. The highest BCUT2D eigenvalue weighted by atomic mass is 32.2. The topological polar surface area (TPSA) is 98.2 Å². The zero-order valence-electron chi connectivity index (χ0n) is 18.8. The number of benzene rings is 1. The summed E-state index contributed by atoms with van der Waals surface area (Å²) in [5.41, 5.74) is -0.575. The Balaban J connectivity index is 0.00000432. The average molecular weight is 496 g/mol. The molecule has 0 atom stereocenters. The second-order valence-electron chi connectivity index (χ2n) is 8.56. The Morgan fingerprint density at radius 1 is 1.06 bits per heavy atom. The van der Waals surface area contributed by atoms with Gasteiger partial charge in [-0.05, 0) is 35.2 Å². The molecule has 0 radical (unpaired) electrons. The molecule has 182 valence electrons. The van der Waals surface area contributed by atoms with Gasteiger partial charge in [-0.25, -0.2) is 13.4 Å². The largest absolute Gasteiger partial charge is 0.438 e. The van der Waals surface area contributed by atoms with Crippen LogP contribution < -0.4 is 10.1 Å². The number of rotatable bonds is 5. The number of anilines is 1. The van der Waals surface area contributed by atoms with Gasteiger partial charge < -0.3 is 10.1 Å². The van der Waals surface area contributed by atoms with Crippen LogP contribution in [-0.4, -0.2) is 30.5 Å². The standard InChI is InChI=1S/C23H22F3N3O4S.H2/c1-22(2,3)14-8-9-17(21(30)28-15-11-16(13-27-12-15)34(4,31)32)18(10-14)33-20-7-5-6-19(29-20)23(24,25)26;/h5-13H,1-4H3,(H,28,30);1H. The fourth-order valence-corrected chi connectivity index (χ4v) is 3.48. The van der Waals surface area contributed by atoms with Crippen molar-refractivity contribution in [3.05, 3.63) is 71.7 Å². The molecule has 1 N–H and O–H groups in total. The monoisotopic (exact) mass is 495 g/mol. The van der Waals surface area contributed by atoms with Crippen molar-refractivity contribution in [2.45, 2.75) is 37.3 Å². The van der Waals surface area contributed by atoms with Crippen LogP contribution in [0.3, 0.4) is 0 Å². The second-order valence-corrected chi connectivity index (χ2v) is 10.6. The highest BCUT2D eigenvalue weighted by molar-refractivity contribution is 7.90. The first kappa shape index (κ1) is 25.2. The minimum atomic E-state index is -4.66. The highest BCUT2D eigenvalue weighted by Gasteiger charge is 2.33. The van der Waals surface area contributed by atoms with Gasteiger partial charge in [-0.15, -0.1) is 0 Å². The summed E-state index contributed by atoms with van der Waals surface area (Å²) < 4.78 is 68.4. The van der Waals surface area contributed by atoms with E-state index < -0.39 is 27.6 Å². The Bertz CT molecular complexity index is 1340. The summed E-state index contributed by atoms with van der Waals surface area (Å²) in [6, 6.07) is 9.20. The van der Waals surface area contributed by atoms with Crippen molar-refractivity contribution in [2.24, 2.45) is 0 Å². The molecule has 0 aliphatic heterocycles.